The molecule has 0 amide bonds. The molecule has 1 N–H and O–H groups in total. The van der Waals surface area contributed by atoms with E-state index in [9.17, 15) is 0 Å². The van der Waals surface area contributed by atoms with Gasteiger partial charge in [0.1, 0.15) is 0 Å². The number of hydrogen-bond donors (Lipinski definition) is 1. The van der Waals surface area contributed by atoms with Gasteiger partial charge in [-0.25, -0.2) is 0 Å². The van der Waals surface area contributed by atoms with Crippen LogP contribution in [0.4, 0.5) is 0 Å². The van der Waals surface area contributed by atoms with Crippen LogP contribution in [0.3, 0.4) is 0 Å². The molecular weight excluding hydrogens is 196 g/mol. The molecule has 0 saturated heterocycles. The largest absolute Gasteiger partial charge is 0.394 e. The maximum Gasteiger partial charge on any atom is 0.0701 e. The van der Waals surface area contributed by atoms with Crippen molar-refractivity contribution >= 4 is 0 Å². The van der Waals surface area contributed by atoms with Gasteiger partial charge in [0.05, 0.1) is 39.6 Å². The Bertz CT molecular complexity index is 112. The van der Waals surface area contributed by atoms with Crippen LogP contribution in [-0.2, 0) is 14.2 Å². The van der Waals surface area contributed by atoms with Gasteiger partial charge in [-0.2, -0.15) is 0 Å². The summed E-state index contributed by atoms with van der Waals surface area (Å²) in [5, 5.41) is 8.20. The van der Waals surface area contributed by atoms with Crippen molar-refractivity contribution in [2.24, 2.45) is 0 Å². The third kappa shape index (κ3) is 24.7. The van der Waals surface area contributed by atoms with E-state index in [4.69, 9.17) is 14.6 Å². The molecule has 0 radical (unpaired) electrons. The van der Waals surface area contributed by atoms with Gasteiger partial charge in [0.15, 0.2) is 0 Å². The molecule has 0 fully saturated rings. The van der Waals surface area contributed by atoms with Gasteiger partial charge in [-0.05, 0) is 0 Å². The summed E-state index contributed by atoms with van der Waals surface area (Å²) in [6.07, 6.45) is 3.42. The molecule has 0 aliphatic rings. The van der Waals surface area contributed by atoms with Gasteiger partial charge in [0, 0.05) is 7.11 Å². The fourth-order valence-electron chi connectivity index (χ4n) is 0.544. The second kappa shape index (κ2) is 19.0. The monoisotopic (exact) mass is 218 g/mol. The predicted molar refractivity (Wildman–Crippen MR) is 61.0 cm³/mol. The average Bonchev–Trinajstić information content (AvgIpc) is 2.26. The fraction of sp³-hybridized carbons (Fsp3) is 0.636. The Kier molecular flexibility index (Phi) is 21.2. The molecule has 90 valence electrons. The highest BCUT2D eigenvalue weighted by molar-refractivity contribution is 4.68. The lowest BCUT2D eigenvalue weighted by molar-refractivity contribution is 0.0500. The second-order valence-corrected chi connectivity index (χ2v) is 2.44. The molecule has 4 nitrogen and oxygen atoms in total. The quantitative estimate of drug-likeness (QED) is 0.463. The van der Waals surface area contributed by atoms with Gasteiger partial charge >= 0.3 is 0 Å². The molecule has 0 unspecified atom stereocenters. The van der Waals surface area contributed by atoms with Gasteiger partial charge < -0.3 is 19.3 Å². The zero-order valence-electron chi connectivity index (χ0n) is 9.48. The first-order valence-electron chi connectivity index (χ1n) is 4.80. The Morgan fingerprint density at radius 3 is 2.00 bits per heavy atom. The van der Waals surface area contributed by atoms with Crippen LogP contribution in [0.1, 0.15) is 0 Å². The van der Waals surface area contributed by atoms with Crippen molar-refractivity contribution in [2.75, 3.05) is 46.8 Å². The molecule has 0 atom stereocenters. The zero-order chi connectivity index (χ0) is 11.8. The third-order valence-electron chi connectivity index (χ3n) is 1.14. The molecule has 0 rings (SSSR count). The minimum absolute atomic E-state index is 0.0870. The smallest absolute Gasteiger partial charge is 0.0701 e. The summed E-state index contributed by atoms with van der Waals surface area (Å²) in [4.78, 5) is 0. The lowest BCUT2D eigenvalue weighted by atomic mass is 10.6. The van der Waals surface area contributed by atoms with Crippen LogP contribution >= 0.6 is 0 Å². The number of hydrogen-bond acceptors (Lipinski definition) is 4. The van der Waals surface area contributed by atoms with Crippen molar-refractivity contribution < 1.29 is 19.3 Å². The maximum atomic E-state index is 8.20. The van der Waals surface area contributed by atoms with Crippen LogP contribution in [-0.4, -0.2) is 51.9 Å². The fourth-order valence-corrected chi connectivity index (χ4v) is 0.544. The van der Waals surface area contributed by atoms with E-state index in [1.54, 1.807) is 19.3 Å². The molecule has 0 spiro atoms. The summed E-state index contributed by atoms with van der Waals surface area (Å²) in [5.41, 5.74) is 0. The highest BCUT2D eigenvalue weighted by atomic mass is 16.5. The van der Waals surface area contributed by atoms with Gasteiger partial charge in [-0.15, -0.1) is 13.2 Å². The van der Waals surface area contributed by atoms with E-state index < -0.39 is 0 Å². The van der Waals surface area contributed by atoms with Gasteiger partial charge in [0.25, 0.3) is 0 Å². The highest BCUT2D eigenvalue weighted by Crippen LogP contribution is 1.73. The minimum atomic E-state index is 0.0870. The van der Waals surface area contributed by atoms with Gasteiger partial charge in [-0.1, -0.05) is 12.2 Å². The molecule has 0 saturated carbocycles. The molecular formula is C11H22O4. The number of aliphatic hydroxyl groups excluding tert-OH is 1. The summed E-state index contributed by atoms with van der Waals surface area (Å²) >= 11 is 0. The molecule has 0 heterocycles. The predicted octanol–water partition coefficient (Wildman–Crippen LogP) is 1.02. The summed E-state index contributed by atoms with van der Waals surface area (Å²) in [6.45, 7) is 9.84. The summed E-state index contributed by atoms with van der Waals surface area (Å²) < 4.78 is 14.4. The van der Waals surface area contributed by atoms with E-state index >= 15 is 0 Å². The maximum absolute atomic E-state index is 8.20. The van der Waals surface area contributed by atoms with Crippen LogP contribution in [0.25, 0.3) is 0 Å². The Balaban J connectivity index is 0. The van der Waals surface area contributed by atoms with E-state index in [-0.39, 0.29) is 6.61 Å². The zero-order valence-corrected chi connectivity index (χ0v) is 9.48. The van der Waals surface area contributed by atoms with E-state index in [1.165, 1.54) is 0 Å². The topological polar surface area (TPSA) is 47.9 Å². The van der Waals surface area contributed by atoms with Crippen LogP contribution in [0, 0.1) is 0 Å². The van der Waals surface area contributed by atoms with Crippen molar-refractivity contribution in [3.8, 4) is 0 Å². The summed E-state index contributed by atoms with van der Waals surface area (Å²) in [7, 11) is 1.61. The van der Waals surface area contributed by atoms with E-state index in [2.05, 4.69) is 17.9 Å². The number of methoxy groups -OCH3 is 1. The van der Waals surface area contributed by atoms with Crippen molar-refractivity contribution in [3.05, 3.63) is 25.3 Å². The first-order valence-corrected chi connectivity index (χ1v) is 4.80. The second-order valence-electron chi connectivity index (χ2n) is 2.44. The highest BCUT2D eigenvalue weighted by Gasteiger charge is 1.82. The number of rotatable bonds is 9. The van der Waals surface area contributed by atoms with Gasteiger partial charge in [-0.3, -0.25) is 0 Å². The molecule has 15 heavy (non-hydrogen) atoms. The summed E-state index contributed by atoms with van der Waals surface area (Å²) in [5.74, 6) is 0. The van der Waals surface area contributed by atoms with Crippen LogP contribution in [0.5, 0.6) is 0 Å². The lowest BCUT2D eigenvalue weighted by Gasteiger charge is -1.98. The Labute approximate surface area is 92.2 Å². The van der Waals surface area contributed by atoms with Gasteiger partial charge in [0.2, 0.25) is 0 Å². The SMILES string of the molecule is C=CCOCC=C.COCCOCCO. The van der Waals surface area contributed by atoms with Crippen LogP contribution in [0.15, 0.2) is 25.3 Å². The average molecular weight is 218 g/mol. The summed E-state index contributed by atoms with van der Waals surface area (Å²) in [6, 6.07) is 0. The Morgan fingerprint density at radius 1 is 1.00 bits per heavy atom. The molecule has 0 aliphatic heterocycles. The van der Waals surface area contributed by atoms with Crippen LogP contribution in [0.2, 0.25) is 0 Å². The minimum Gasteiger partial charge on any atom is -0.394 e. The Morgan fingerprint density at radius 2 is 1.60 bits per heavy atom. The molecule has 0 bridgehead atoms. The van der Waals surface area contributed by atoms with Crippen molar-refractivity contribution in [1.29, 1.82) is 0 Å². The first-order chi connectivity index (χ1) is 7.33. The number of aliphatic hydroxyl groups is 1. The molecule has 4 heteroatoms. The van der Waals surface area contributed by atoms with E-state index in [0.29, 0.717) is 33.0 Å². The lowest BCUT2D eigenvalue weighted by Crippen LogP contribution is -2.05. The van der Waals surface area contributed by atoms with Crippen LogP contribution < -0.4 is 0 Å². The van der Waals surface area contributed by atoms with Crippen molar-refractivity contribution in [2.45, 2.75) is 0 Å². The molecule has 0 aliphatic carbocycles. The standard InChI is InChI=1S/C6H10O.C5H12O3/c1-3-5-7-6-4-2;1-7-4-5-8-3-2-6/h3-4H,1-2,5-6H2;6H,2-5H2,1H3. The molecule has 0 aromatic heterocycles. The third-order valence-corrected chi connectivity index (χ3v) is 1.14. The Hall–Kier alpha value is -0.680. The van der Waals surface area contributed by atoms with Crippen molar-refractivity contribution in [1.82, 2.24) is 0 Å². The molecule has 0 aromatic carbocycles. The first kappa shape index (κ1) is 16.7. The normalized spacial score (nSPS) is 8.93. The number of ether oxygens (including phenoxy) is 3. The van der Waals surface area contributed by atoms with E-state index in [0.717, 1.165) is 0 Å². The molecule has 0 aromatic rings. The van der Waals surface area contributed by atoms with Crippen molar-refractivity contribution in [3.63, 3.8) is 0 Å². The van der Waals surface area contributed by atoms with E-state index in [1.807, 2.05) is 0 Å².